The summed E-state index contributed by atoms with van der Waals surface area (Å²) in [7, 11) is 0. The van der Waals surface area contributed by atoms with E-state index in [1.165, 1.54) is 6.07 Å². The van der Waals surface area contributed by atoms with Crippen LogP contribution in [0.25, 0.3) is 0 Å². The van der Waals surface area contributed by atoms with Gasteiger partial charge in [-0.2, -0.15) is 0 Å². The summed E-state index contributed by atoms with van der Waals surface area (Å²) < 4.78 is 26.3. The lowest BCUT2D eigenvalue weighted by Crippen LogP contribution is -2.16. The lowest BCUT2D eigenvalue weighted by atomic mass is 10.1. The fourth-order valence-electron chi connectivity index (χ4n) is 1.12. The third kappa shape index (κ3) is 1.66. The summed E-state index contributed by atoms with van der Waals surface area (Å²) >= 11 is 0. The van der Waals surface area contributed by atoms with Gasteiger partial charge >= 0.3 is 0 Å². The third-order valence-electron chi connectivity index (χ3n) is 1.82. The highest BCUT2D eigenvalue weighted by atomic mass is 19.1. The molecule has 0 atom stereocenters. The van der Waals surface area contributed by atoms with Crippen LogP contribution in [0.2, 0.25) is 0 Å². The van der Waals surface area contributed by atoms with Crippen molar-refractivity contribution in [3.05, 3.63) is 34.9 Å². The first-order valence-corrected chi connectivity index (χ1v) is 3.89. The van der Waals surface area contributed by atoms with Crippen molar-refractivity contribution in [1.82, 2.24) is 0 Å². The number of rotatable bonds is 2. The van der Waals surface area contributed by atoms with Crippen LogP contribution in [-0.2, 0) is 6.42 Å². The maximum atomic E-state index is 13.3. The Morgan fingerprint density at radius 2 is 2.08 bits per heavy atom. The lowest BCUT2D eigenvalue weighted by Gasteiger charge is -2.06. The average molecular weight is 184 g/mol. The maximum absolute atomic E-state index is 13.3. The van der Waals surface area contributed by atoms with Gasteiger partial charge in [-0.25, -0.2) is 8.78 Å². The van der Waals surface area contributed by atoms with Crippen molar-refractivity contribution in [2.75, 3.05) is 0 Å². The molecule has 0 amide bonds. The second-order valence-corrected chi connectivity index (χ2v) is 2.66. The Kier molecular flexibility index (Phi) is 2.60. The minimum absolute atomic E-state index is 0.367. The molecule has 0 heterocycles. The van der Waals surface area contributed by atoms with Crippen LogP contribution in [0.3, 0.4) is 0 Å². The zero-order valence-electron chi connectivity index (χ0n) is 7.20. The van der Waals surface area contributed by atoms with Gasteiger partial charge in [-0.1, -0.05) is 13.0 Å². The number of hydrogen-bond donors (Lipinski definition) is 2. The van der Waals surface area contributed by atoms with Gasteiger partial charge < -0.3 is 5.73 Å². The predicted molar refractivity (Wildman–Crippen MR) is 46.8 cm³/mol. The number of amidine groups is 1. The van der Waals surface area contributed by atoms with Crippen LogP contribution in [0.5, 0.6) is 0 Å². The average Bonchev–Trinajstić information content (AvgIpc) is 2.04. The van der Waals surface area contributed by atoms with Crippen molar-refractivity contribution >= 4 is 5.84 Å². The van der Waals surface area contributed by atoms with Crippen molar-refractivity contribution < 1.29 is 8.78 Å². The molecule has 0 aromatic heterocycles. The second kappa shape index (κ2) is 3.51. The molecule has 70 valence electrons. The topological polar surface area (TPSA) is 49.9 Å². The van der Waals surface area contributed by atoms with E-state index >= 15 is 0 Å². The van der Waals surface area contributed by atoms with Crippen LogP contribution in [0, 0.1) is 17.0 Å². The predicted octanol–water partition coefficient (Wildman–Crippen LogP) is 1.81. The number of nitrogen functional groups attached to an aromatic ring is 1. The first-order chi connectivity index (χ1) is 6.07. The van der Waals surface area contributed by atoms with Crippen LogP contribution < -0.4 is 5.73 Å². The van der Waals surface area contributed by atoms with E-state index in [-0.39, 0.29) is 0 Å². The van der Waals surface area contributed by atoms with Gasteiger partial charge in [0.2, 0.25) is 0 Å². The van der Waals surface area contributed by atoms with E-state index in [2.05, 4.69) is 0 Å². The van der Waals surface area contributed by atoms with Crippen LogP contribution in [0.4, 0.5) is 8.78 Å². The highest BCUT2D eigenvalue weighted by Crippen LogP contribution is 2.16. The normalized spacial score (nSPS) is 10.1. The number of nitrogens with two attached hydrogens (primary N) is 1. The standard InChI is InChI=1S/C9H10F2N2/c1-2-5-3-4-6(10)7(8(5)11)9(12)13/h3-4H,2H2,1H3,(H3,12,13). The van der Waals surface area contributed by atoms with Crippen molar-refractivity contribution in [3.8, 4) is 0 Å². The van der Waals surface area contributed by atoms with Gasteiger partial charge in [0, 0.05) is 0 Å². The van der Waals surface area contributed by atoms with E-state index in [0.717, 1.165) is 6.07 Å². The van der Waals surface area contributed by atoms with Crippen LogP contribution in [-0.4, -0.2) is 5.84 Å². The molecule has 0 fully saturated rings. The summed E-state index contributed by atoms with van der Waals surface area (Å²) in [4.78, 5) is 0. The molecule has 0 spiro atoms. The number of halogens is 2. The van der Waals surface area contributed by atoms with E-state index in [0.29, 0.717) is 12.0 Å². The molecule has 1 aromatic rings. The molecule has 0 aliphatic heterocycles. The Morgan fingerprint density at radius 3 is 2.54 bits per heavy atom. The molecular weight excluding hydrogens is 174 g/mol. The molecule has 0 saturated heterocycles. The lowest BCUT2D eigenvalue weighted by molar-refractivity contribution is 0.569. The van der Waals surface area contributed by atoms with E-state index in [1.807, 2.05) is 0 Å². The fourth-order valence-corrected chi connectivity index (χ4v) is 1.12. The van der Waals surface area contributed by atoms with E-state index < -0.39 is 23.0 Å². The van der Waals surface area contributed by atoms with Gasteiger partial charge in [-0.3, -0.25) is 5.41 Å². The Labute approximate surface area is 74.9 Å². The molecule has 1 rings (SSSR count). The molecule has 0 unspecified atom stereocenters. The number of nitrogens with one attached hydrogen (secondary N) is 1. The molecular formula is C9H10F2N2. The van der Waals surface area contributed by atoms with Gasteiger partial charge in [-0.05, 0) is 18.1 Å². The summed E-state index contributed by atoms with van der Waals surface area (Å²) in [5.41, 5.74) is 4.98. The van der Waals surface area contributed by atoms with Crippen molar-refractivity contribution in [3.63, 3.8) is 0 Å². The first-order valence-electron chi connectivity index (χ1n) is 3.89. The Hall–Kier alpha value is -1.45. The smallest absolute Gasteiger partial charge is 0.140 e. The molecule has 13 heavy (non-hydrogen) atoms. The minimum atomic E-state index is -0.790. The van der Waals surface area contributed by atoms with Gasteiger partial charge in [0.25, 0.3) is 0 Å². The quantitative estimate of drug-likeness (QED) is 0.534. The summed E-state index contributed by atoms with van der Waals surface area (Å²) in [6.07, 6.45) is 0.451. The molecule has 0 radical (unpaired) electrons. The van der Waals surface area contributed by atoms with E-state index in [9.17, 15) is 8.78 Å². The molecule has 4 heteroatoms. The fraction of sp³-hybridized carbons (Fsp3) is 0.222. The van der Waals surface area contributed by atoms with Crippen molar-refractivity contribution in [1.29, 1.82) is 5.41 Å². The van der Waals surface area contributed by atoms with Crippen molar-refractivity contribution in [2.24, 2.45) is 5.73 Å². The van der Waals surface area contributed by atoms with Crippen LogP contribution in [0.15, 0.2) is 12.1 Å². The first kappa shape index (κ1) is 9.64. The van der Waals surface area contributed by atoms with Gasteiger partial charge in [0.15, 0.2) is 0 Å². The van der Waals surface area contributed by atoms with Gasteiger partial charge in [0.1, 0.15) is 17.5 Å². The summed E-state index contributed by atoms with van der Waals surface area (Å²) in [5, 5.41) is 6.99. The van der Waals surface area contributed by atoms with Crippen LogP contribution >= 0.6 is 0 Å². The highest BCUT2D eigenvalue weighted by molar-refractivity contribution is 5.95. The molecule has 0 saturated carbocycles. The maximum Gasteiger partial charge on any atom is 0.140 e. The van der Waals surface area contributed by atoms with E-state index in [4.69, 9.17) is 11.1 Å². The summed E-state index contributed by atoms with van der Waals surface area (Å²) in [5.74, 6) is -2.09. The van der Waals surface area contributed by atoms with Gasteiger partial charge in [0.05, 0.1) is 5.56 Å². The highest BCUT2D eigenvalue weighted by Gasteiger charge is 2.14. The zero-order chi connectivity index (χ0) is 10.0. The molecule has 2 nitrogen and oxygen atoms in total. The SMILES string of the molecule is CCc1ccc(F)c(C(=N)N)c1F. The Morgan fingerprint density at radius 1 is 1.46 bits per heavy atom. The molecule has 0 aliphatic rings. The molecule has 0 bridgehead atoms. The zero-order valence-corrected chi connectivity index (χ0v) is 7.20. The van der Waals surface area contributed by atoms with Gasteiger partial charge in [-0.15, -0.1) is 0 Å². The third-order valence-corrected chi connectivity index (χ3v) is 1.82. The van der Waals surface area contributed by atoms with Crippen LogP contribution in [0.1, 0.15) is 18.1 Å². The largest absolute Gasteiger partial charge is 0.384 e. The molecule has 3 N–H and O–H groups in total. The summed E-state index contributed by atoms with van der Waals surface area (Å²) in [6, 6.07) is 2.48. The number of benzene rings is 1. The Balaban J connectivity index is 3.38. The molecule has 0 aliphatic carbocycles. The number of aryl methyl sites for hydroxylation is 1. The van der Waals surface area contributed by atoms with E-state index in [1.54, 1.807) is 6.92 Å². The monoisotopic (exact) mass is 184 g/mol. The minimum Gasteiger partial charge on any atom is -0.384 e. The second-order valence-electron chi connectivity index (χ2n) is 2.66. The molecule has 1 aromatic carbocycles. The van der Waals surface area contributed by atoms with Crippen molar-refractivity contribution in [2.45, 2.75) is 13.3 Å². The number of hydrogen-bond acceptors (Lipinski definition) is 1. The Bertz CT molecular complexity index is 348. The summed E-state index contributed by atoms with van der Waals surface area (Å²) in [6.45, 7) is 1.75.